The molecule has 0 aliphatic heterocycles. The zero-order chi connectivity index (χ0) is 21.5. The molecule has 1 heteroatoms. The van der Waals surface area contributed by atoms with Gasteiger partial charge < -0.3 is 0 Å². The highest BCUT2D eigenvalue weighted by atomic mass is 79.9. The van der Waals surface area contributed by atoms with E-state index in [1.165, 1.54) is 55.2 Å². The lowest BCUT2D eigenvalue weighted by molar-refractivity contribution is 0.312. The molecule has 0 N–H and O–H groups in total. The highest BCUT2D eigenvalue weighted by molar-refractivity contribution is 9.10. The van der Waals surface area contributed by atoms with Crippen LogP contribution in [0.5, 0.6) is 0 Å². The Balaban J connectivity index is 1.37. The molecule has 1 aliphatic carbocycles. The summed E-state index contributed by atoms with van der Waals surface area (Å²) in [6, 6.07) is 25.9. The van der Waals surface area contributed by atoms with Gasteiger partial charge in [-0.25, -0.2) is 0 Å². The summed E-state index contributed by atoms with van der Waals surface area (Å²) in [5.41, 5.74) is 6.08. The molecule has 1 fully saturated rings. The zero-order valence-electron chi connectivity index (χ0n) is 18.0. The second-order valence-electron chi connectivity index (χ2n) is 8.54. The van der Waals surface area contributed by atoms with E-state index < -0.39 is 0 Å². The fourth-order valence-electron chi connectivity index (χ4n) is 4.51. The van der Waals surface area contributed by atoms with Crippen LogP contribution in [-0.2, 0) is 0 Å². The molecule has 3 aromatic carbocycles. The van der Waals surface area contributed by atoms with E-state index >= 15 is 0 Å². The molecule has 0 nitrogen and oxygen atoms in total. The smallest absolute Gasteiger partial charge is 0.0249 e. The lowest BCUT2D eigenvalue weighted by Crippen LogP contribution is -2.13. The summed E-state index contributed by atoms with van der Waals surface area (Å²) in [6.07, 6.45) is 9.93. The highest BCUT2D eigenvalue weighted by Crippen LogP contribution is 2.38. The average molecular weight is 469 g/mol. The minimum Gasteiger partial charge on any atom is -0.103 e. The molecule has 0 heterocycles. The van der Waals surface area contributed by atoms with Gasteiger partial charge in [-0.2, -0.15) is 0 Å². The monoisotopic (exact) mass is 468 g/mol. The maximum atomic E-state index is 3.86. The van der Waals surface area contributed by atoms with Crippen LogP contribution in [0.4, 0.5) is 0 Å². The van der Waals surface area contributed by atoms with E-state index in [-0.39, 0.29) is 0 Å². The van der Waals surface area contributed by atoms with Crippen molar-refractivity contribution in [2.24, 2.45) is 5.92 Å². The van der Waals surface area contributed by atoms with Crippen molar-refractivity contribution in [1.82, 2.24) is 0 Å². The maximum absolute atomic E-state index is 3.86. The Morgan fingerprint density at radius 2 is 1.26 bits per heavy atom. The van der Waals surface area contributed by atoms with Crippen LogP contribution < -0.4 is 0 Å². The van der Waals surface area contributed by atoms with Crippen molar-refractivity contribution in [2.75, 3.05) is 0 Å². The van der Waals surface area contributed by atoms with Gasteiger partial charge in [-0.1, -0.05) is 70.2 Å². The van der Waals surface area contributed by atoms with E-state index in [0.29, 0.717) is 0 Å². The van der Waals surface area contributed by atoms with Crippen LogP contribution in [0.2, 0.25) is 0 Å². The third-order valence-electron chi connectivity index (χ3n) is 6.42. The molecular formula is C30H29Br. The van der Waals surface area contributed by atoms with Crippen LogP contribution in [0.15, 0.2) is 89.9 Å². The first-order valence-corrected chi connectivity index (χ1v) is 12.1. The first kappa shape index (κ1) is 21.7. The van der Waals surface area contributed by atoms with Gasteiger partial charge in [0.05, 0.1) is 0 Å². The SMILES string of the molecule is C=CCCC1CCC(c2ccc(-c3ccc(C#Cc4ccc(Br)cc4)cc3)cc2)CC1. The Hall–Kier alpha value is -2.56. The van der Waals surface area contributed by atoms with Crippen molar-refractivity contribution in [1.29, 1.82) is 0 Å². The molecule has 0 atom stereocenters. The van der Waals surface area contributed by atoms with Gasteiger partial charge in [0.25, 0.3) is 0 Å². The van der Waals surface area contributed by atoms with E-state index in [2.05, 4.69) is 89.0 Å². The Morgan fingerprint density at radius 3 is 1.81 bits per heavy atom. The van der Waals surface area contributed by atoms with E-state index in [1.807, 2.05) is 24.3 Å². The minimum atomic E-state index is 0.727. The number of allylic oxidation sites excluding steroid dienone is 1. The van der Waals surface area contributed by atoms with Crippen LogP contribution in [0.25, 0.3) is 11.1 Å². The largest absolute Gasteiger partial charge is 0.103 e. The van der Waals surface area contributed by atoms with Gasteiger partial charge in [-0.05, 0) is 103 Å². The third-order valence-corrected chi connectivity index (χ3v) is 6.95. The molecule has 0 aromatic heterocycles. The minimum absolute atomic E-state index is 0.727. The van der Waals surface area contributed by atoms with E-state index in [9.17, 15) is 0 Å². The predicted octanol–water partition coefficient (Wildman–Crippen LogP) is 8.76. The number of benzene rings is 3. The molecule has 4 rings (SSSR count). The first-order chi connectivity index (χ1) is 15.2. The second kappa shape index (κ2) is 10.7. The Bertz CT molecular complexity index is 1040. The summed E-state index contributed by atoms with van der Waals surface area (Å²) in [5.74, 6) is 8.12. The average Bonchev–Trinajstić information content (AvgIpc) is 2.83. The van der Waals surface area contributed by atoms with Crippen molar-refractivity contribution in [2.45, 2.75) is 44.4 Å². The summed E-state index contributed by atoms with van der Waals surface area (Å²) >= 11 is 3.46. The van der Waals surface area contributed by atoms with Crippen LogP contribution in [0.3, 0.4) is 0 Å². The Kier molecular flexibility index (Phi) is 7.44. The Labute approximate surface area is 195 Å². The number of hydrogen-bond acceptors (Lipinski definition) is 0. The van der Waals surface area contributed by atoms with Crippen LogP contribution in [0, 0.1) is 17.8 Å². The maximum Gasteiger partial charge on any atom is 0.0249 e. The first-order valence-electron chi connectivity index (χ1n) is 11.3. The van der Waals surface area contributed by atoms with Gasteiger partial charge >= 0.3 is 0 Å². The normalized spacial score (nSPS) is 18.1. The number of rotatable bonds is 5. The standard InChI is InChI=1S/C30H29Br/c1-2-3-4-23-7-13-26(14-8-23)28-17-19-29(20-18-28)27-15-9-24(10-16-27)5-6-25-11-21-30(31)22-12-25/h2,9-12,15-23,26H,1,3-4,7-8,13-14H2. The number of halogens is 1. The van der Waals surface area contributed by atoms with Crippen LogP contribution in [0.1, 0.15) is 61.1 Å². The van der Waals surface area contributed by atoms with Gasteiger partial charge in [-0.15, -0.1) is 6.58 Å². The molecule has 0 unspecified atom stereocenters. The molecule has 156 valence electrons. The molecule has 0 spiro atoms. The molecular weight excluding hydrogens is 440 g/mol. The summed E-state index contributed by atoms with van der Waals surface area (Å²) in [5, 5.41) is 0. The molecule has 1 saturated carbocycles. The van der Waals surface area contributed by atoms with Crippen molar-refractivity contribution < 1.29 is 0 Å². The van der Waals surface area contributed by atoms with Crippen molar-refractivity contribution >= 4 is 15.9 Å². The summed E-state index contributed by atoms with van der Waals surface area (Å²) in [7, 11) is 0. The second-order valence-corrected chi connectivity index (χ2v) is 9.46. The molecule has 0 saturated heterocycles. The fourth-order valence-corrected chi connectivity index (χ4v) is 4.77. The molecule has 1 aliphatic rings. The quantitative estimate of drug-likeness (QED) is 0.259. The zero-order valence-corrected chi connectivity index (χ0v) is 19.6. The van der Waals surface area contributed by atoms with Crippen molar-refractivity contribution in [3.63, 3.8) is 0 Å². The van der Waals surface area contributed by atoms with E-state index in [4.69, 9.17) is 0 Å². The van der Waals surface area contributed by atoms with Gasteiger partial charge in [-0.3, -0.25) is 0 Å². The van der Waals surface area contributed by atoms with Crippen LogP contribution in [-0.4, -0.2) is 0 Å². The summed E-state index contributed by atoms with van der Waals surface area (Å²) in [6.45, 7) is 3.86. The van der Waals surface area contributed by atoms with E-state index in [1.54, 1.807) is 0 Å². The molecule has 0 amide bonds. The summed E-state index contributed by atoms with van der Waals surface area (Å²) in [4.78, 5) is 0. The van der Waals surface area contributed by atoms with Crippen molar-refractivity contribution in [3.8, 4) is 23.0 Å². The summed E-state index contributed by atoms with van der Waals surface area (Å²) < 4.78 is 1.07. The Morgan fingerprint density at radius 1 is 0.742 bits per heavy atom. The van der Waals surface area contributed by atoms with Gasteiger partial charge in [0.15, 0.2) is 0 Å². The molecule has 31 heavy (non-hydrogen) atoms. The van der Waals surface area contributed by atoms with Gasteiger partial charge in [0, 0.05) is 15.6 Å². The van der Waals surface area contributed by atoms with Crippen LogP contribution >= 0.6 is 15.9 Å². The van der Waals surface area contributed by atoms with E-state index in [0.717, 1.165) is 27.4 Å². The highest BCUT2D eigenvalue weighted by Gasteiger charge is 2.21. The topological polar surface area (TPSA) is 0 Å². The molecule has 0 radical (unpaired) electrons. The predicted molar refractivity (Wildman–Crippen MR) is 136 cm³/mol. The third kappa shape index (κ3) is 5.99. The van der Waals surface area contributed by atoms with Gasteiger partial charge in [0.2, 0.25) is 0 Å². The lowest BCUT2D eigenvalue weighted by Gasteiger charge is -2.28. The molecule has 0 bridgehead atoms. The lowest BCUT2D eigenvalue weighted by atomic mass is 9.77. The molecule has 3 aromatic rings. The number of hydrogen-bond donors (Lipinski definition) is 0. The van der Waals surface area contributed by atoms with Gasteiger partial charge in [0.1, 0.15) is 0 Å². The van der Waals surface area contributed by atoms with Crippen molar-refractivity contribution in [3.05, 3.63) is 107 Å². The fraction of sp³-hybridized carbons (Fsp3) is 0.267.